The predicted octanol–water partition coefficient (Wildman–Crippen LogP) is 3.02. The summed E-state index contributed by atoms with van der Waals surface area (Å²) in [5.41, 5.74) is 1.23. The zero-order valence-electron chi connectivity index (χ0n) is 17.7. The average Bonchev–Trinajstić information content (AvgIpc) is 2.77. The van der Waals surface area contributed by atoms with Crippen LogP contribution in [0.1, 0.15) is 42.6 Å². The number of nitrogens with zero attached hydrogens (tertiary/aromatic N) is 1. The number of likely N-dealkylation sites (tertiary alicyclic amines) is 1. The lowest BCUT2D eigenvalue weighted by Crippen LogP contribution is -2.43. The normalized spacial score (nSPS) is 17.8. The first-order valence-corrected chi connectivity index (χ1v) is 12.0. The summed E-state index contributed by atoms with van der Waals surface area (Å²) in [4.78, 5) is 15.2. The van der Waals surface area contributed by atoms with Crippen LogP contribution in [-0.4, -0.2) is 44.9 Å². The quantitative estimate of drug-likeness (QED) is 0.676. The first-order chi connectivity index (χ1) is 14.3. The number of piperidine rings is 1. The molecule has 0 aliphatic carbocycles. The van der Waals surface area contributed by atoms with Crippen LogP contribution >= 0.6 is 0 Å². The molecule has 1 amide bonds. The first-order valence-electron chi connectivity index (χ1n) is 10.5. The fourth-order valence-corrected chi connectivity index (χ4v) is 4.80. The second-order valence-electron chi connectivity index (χ2n) is 8.14. The van der Waals surface area contributed by atoms with E-state index in [0.717, 1.165) is 31.5 Å². The minimum Gasteiger partial charge on any atom is -0.352 e. The number of rotatable bonds is 8. The number of carbonyl (C=O) groups excluding carboxylic acids is 1. The van der Waals surface area contributed by atoms with Crippen LogP contribution in [0.15, 0.2) is 59.5 Å². The van der Waals surface area contributed by atoms with Crippen LogP contribution in [0.25, 0.3) is 0 Å². The minimum atomic E-state index is -3.70. The molecule has 30 heavy (non-hydrogen) atoms. The zero-order valence-corrected chi connectivity index (χ0v) is 18.5. The van der Waals surface area contributed by atoms with Gasteiger partial charge in [-0.05, 0) is 62.9 Å². The van der Waals surface area contributed by atoms with Crippen LogP contribution in [0, 0.1) is 5.92 Å². The average molecular weight is 430 g/mol. The van der Waals surface area contributed by atoms with Crippen LogP contribution in [0.5, 0.6) is 0 Å². The van der Waals surface area contributed by atoms with Crippen molar-refractivity contribution in [1.29, 1.82) is 0 Å². The molecule has 6 nitrogen and oxygen atoms in total. The van der Waals surface area contributed by atoms with Gasteiger partial charge in [-0.2, -0.15) is 0 Å². The van der Waals surface area contributed by atoms with Crippen molar-refractivity contribution in [2.45, 2.75) is 44.2 Å². The van der Waals surface area contributed by atoms with Crippen molar-refractivity contribution >= 4 is 15.9 Å². The highest BCUT2D eigenvalue weighted by Gasteiger charge is 2.22. The minimum absolute atomic E-state index is 0.0923. The second-order valence-corrected chi connectivity index (χ2v) is 9.91. The summed E-state index contributed by atoms with van der Waals surface area (Å²) in [6.07, 6.45) is 2.24. The lowest BCUT2D eigenvalue weighted by Gasteiger charge is -2.35. The van der Waals surface area contributed by atoms with Crippen molar-refractivity contribution in [2.24, 2.45) is 5.92 Å². The van der Waals surface area contributed by atoms with Gasteiger partial charge in [-0.1, -0.05) is 36.4 Å². The third kappa shape index (κ3) is 6.14. The van der Waals surface area contributed by atoms with E-state index in [0.29, 0.717) is 24.1 Å². The third-order valence-corrected chi connectivity index (χ3v) is 6.95. The molecule has 1 fully saturated rings. The maximum absolute atomic E-state index is 12.6. The van der Waals surface area contributed by atoms with Crippen molar-refractivity contribution in [3.8, 4) is 0 Å². The monoisotopic (exact) mass is 429 g/mol. The topological polar surface area (TPSA) is 78.5 Å². The van der Waals surface area contributed by atoms with Gasteiger partial charge < -0.3 is 10.2 Å². The number of amides is 1. The maximum Gasteiger partial charge on any atom is 0.251 e. The van der Waals surface area contributed by atoms with Crippen LogP contribution in [0.3, 0.4) is 0 Å². The zero-order chi connectivity index (χ0) is 21.6. The molecule has 0 saturated carbocycles. The van der Waals surface area contributed by atoms with Crippen LogP contribution in [0.4, 0.5) is 0 Å². The van der Waals surface area contributed by atoms with Crippen molar-refractivity contribution in [1.82, 2.24) is 14.9 Å². The Bertz CT molecular complexity index is 945. The number of hydrogen-bond acceptors (Lipinski definition) is 4. The SMILES string of the molecule is CC(C)N1CCCC(CNC(=O)c2cccc(S(=O)(=O)NCc3ccccc3)c2)C1. The number of sulfonamides is 1. The molecule has 1 aliphatic rings. The first kappa shape index (κ1) is 22.5. The van der Waals surface area contributed by atoms with E-state index >= 15 is 0 Å². The van der Waals surface area contributed by atoms with Crippen molar-refractivity contribution < 1.29 is 13.2 Å². The van der Waals surface area contributed by atoms with E-state index in [2.05, 4.69) is 28.8 Å². The molecule has 1 heterocycles. The molecule has 0 spiro atoms. The number of benzene rings is 2. The van der Waals surface area contributed by atoms with Gasteiger partial charge in [0.1, 0.15) is 0 Å². The number of carbonyl (C=O) groups is 1. The molecule has 1 unspecified atom stereocenters. The van der Waals surface area contributed by atoms with Crippen molar-refractivity contribution in [3.63, 3.8) is 0 Å². The van der Waals surface area contributed by atoms with E-state index in [1.165, 1.54) is 12.1 Å². The summed E-state index contributed by atoms with van der Waals surface area (Å²) in [5, 5.41) is 2.98. The summed E-state index contributed by atoms with van der Waals surface area (Å²) >= 11 is 0. The van der Waals surface area contributed by atoms with Crippen molar-refractivity contribution in [2.75, 3.05) is 19.6 Å². The Morgan fingerprint density at radius 3 is 2.63 bits per heavy atom. The molecule has 7 heteroatoms. The highest BCUT2D eigenvalue weighted by molar-refractivity contribution is 7.89. The van der Waals surface area contributed by atoms with Gasteiger partial charge in [-0.3, -0.25) is 4.79 Å². The smallest absolute Gasteiger partial charge is 0.251 e. The molecule has 0 bridgehead atoms. The van der Waals surface area contributed by atoms with Gasteiger partial charge in [0.2, 0.25) is 10.0 Å². The predicted molar refractivity (Wildman–Crippen MR) is 119 cm³/mol. The maximum atomic E-state index is 12.6. The van der Waals surface area contributed by atoms with Gasteiger partial charge in [0, 0.05) is 31.2 Å². The third-order valence-electron chi connectivity index (χ3n) is 5.55. The fourth-order valence-electron chi connectivity index (χ4n) is 3.73. The molecule has 2 aromatic carbocycles. The molecule has 3 rings (SSSR count). The Morgan fingerprint density at radius 1 is 1.13 bits per heavy atom. The van der Waals surface area contributed by atoms with Crippen molar-refractivity contribution in [3.05, 3.63) is 65.7 Å². The molecule has 0 radical (unpaired) electrons. The van der Waals surface area contributed by atoms with Gasteiger partial charge in [0.15, 0.2) is 0 Å². The van der Waals surface area contributed by atoms with Gasteiger partial charge in [-0.25, -0.2) is 13.1 Å². The van der Waals surface area contributed by atoms with Gasteiger partial charge in [0.25, 0.3) is 5.91 Å². The summed E-state index contributed by atoms with van der Waals surface area (Å²) in [6, 6.07) is 16.0. The molecular weight excluding hydrogens is 398 g/mol. The Kier molecular flexibility index (Phi) is 7.64. The Hall–Kier alpha value is -2.22. The van der Waals surface area contributed by atoms with Crippen LogP contribution in [0.2, 0.25) is 0 Å². The summed E-state index contributed by atoms with van der Waals surface area (Å²) < 4.78 is 27.9. The van der Waals surface area contributed by atoms with E-state index in [9.17, 15) is 13.2 Å². The fraction of sp³-hybridized carbons (Fsp3) is 0.435. The molecule has 2 N–H and O–H groups in total. The highest BCUT2D eigenvalue weighted by Crippen LogP contribution is 2.18. The molecule has 1 atom stereocenters. The molecule has 162 valence electrons. The summed E-state index contributed by atoms with van der Waals surface area (Å²) in [6.45, 7) is 7.28. The van der Waals surface area contributed by atoms with Gasteiger partial charge in [0.05, 0.1) is 4.90 Å². The lowest BCUT2D eigenvalue weighted by atomic mass is 9.97. The van der Waals surface area contributed by atoms with Crippen LogP contribution in [-0.2, 0) is 16.6 Å². The largest absolute Gasteiger partial charge is 0.352 e. The Balaban J connectivity index is 1.59. The standard InChI is InChI=1S/C23H31N3O3S/c1-18(2)26-13-7-10-20(17-26)15-24-23(27)21-11-6-12-22(14-21)30(28,29)25-16-19-8-4-3-5-9-19/h3-6,8-9,11-12,14,18,20,25H,7,10,13,15-17H2,1-2H3,(H,24,27). The molecule has 2 aromatic rings. The highest BCUT2D eigenvalue weighted by atomic mass is 32.2. The van der Waals surface area contributed by atoms with Gasteiger partial charge in [-0.15, -0.1) is 0 Å². The second kappa shape index (κ2) is 10.2. The summed E-state index contributed by atoms with van der Waals surface area (Å²) in [5.74, 6) is 0.182. The van der Waals surface area contributed by atoms with E-state index in [-0.39, 0.29) is 17.3 Å². The summed E-state index contributed by atoms with van der Waals surface area (Å²) in [7, 11) is -3.70. The van der Waals surface area contributed by atoms with Gasteiger partial charge >= 0.3 is 0 Å². The lowest BCUT2D eigenvalue weighted by molar-refractivity contribution is 0.0922. The van der Waals surface area contributed by atoms with E-state index in [1.807, 2.05) is 30.3 Å². The Labute approximate surface area is 179 Å². The van der Waals surface area contributed by atoms with E-state index in [1.54, 1.807) is 12.1 Å². The number of hydrogen-bond donors (Lipinski definition) is 2. The van der Waals surface area contributed by atoms with Crippen LogP contribution < -0.4 is 10.0 Å². The number of nitrogens with one attached hydrogen (secondary N) is 2. The molecule has 1 aliphatic heterocycles. The molecular formula is C23H31N3O3S. The van der Waals surface area contributed by atoms with E-state index in [4.69, 9.17) is 0 Å². The molecule has 1 saturated heterocycles. The Morgan fingerprint density at radius 2 is 1.90 bits per heavy atom. The molecule has 0 aromatic heterocycles. The van der Waals surface area contributed by atoms with E-state index < -0.39 is 10.0 Å².